The van der Waals surface area contributed by atoms with E-state index in [1.807, 2.05) is 13.0 Å². The Labute approximate surface area is 105 Å². The van der Waals surface area contributed by atoms with Gasteiger partial charge in [-0.1, -0.05) is 6.07 Å². The SMILES string of the molecule is Cc1cc(NC(C)Cc2cccs2)nc(N)n1. The van der Waals surface area contributed by atoms with Gasteiger partial charge < -0.3 is 11.1 Å². The highest BCUT2D eigenvalue weighted by atomic mass is 32.1. The zero-order valence-electron chi connectivity index (χ0n) is 9.97. The Morgan fingerprint density at radius 2 is 2.29 bits per heavy atom. The molecule has 2 rings (SSSR count). The van der Waals surface area contributed by atoms with Gasteiger partial charge in [-0.15, -0.1) is 11.3 Å². The van der Waals surface area contributed by atoms with Gasteiger partial charge in [-0.2, -0.15) is 4.98 Å². The van der Waals surface area contributed by atoms with Crippen molar-refractivity contribution in [2.75, 3.05) is 11.1 Å². The first-order valence-corrected chi connectivity index (χ1v) is 6.41. The molecule has 4 nitrogen and oxygen atoms in total. The molecular formula is C12H16N4S. The van der Waals surface area contributed by atoms with E-state index in [4.69, 9.17) is 5.73 Å². The molecular weight excluding hydrogens is 232 g/mol. The van der Waals surface area contributed by atoms with Gasteiger partial charge in [0.05, 0.1) is 0 Å². The van der Waals surface area contributed by atoms with Crippen molar-refractivity contribution in [2.45, 2.75) is 26.3 Å². The number of rotatable bonds is 4. The quantitative estimate of drug-likeness (QED) is 0.872. The second-order valence-corrected chi connectivity index (χ2v) is 5.11. The molecule has 2 aromatic rings. The maximum atomic E-state index is 5.61. The molecule has 2 aromatic heterocycles. The van der Waals surface area contributed by atoms with Crippen LogP contribution in [0.25, 0.3) is 0 Å². The van der Waals surface area contributed by atoms with E-state index in [9.17, 15) is 0 Å². The lowest BCUT2D eigenvalue weighted by atomic mass is 10.2. The smallest absolute Gasteiger partial charge is 0.222 e. The lowest BCUT2D eigenvalue weighted by Gasteiger charge is -2.14. The third kappa shape index (κ3) is 3.42. The maximum absolute atomic E-state index is 5.61. The highest BCUT2D eigenvalue weighted by molar-refractivity contribution is 7.09. The van der Waals surface area contributed by atoms with Crippen LogP contribution in [0.3, 0.4) is 0 Å². The third-order valence-corrected chi connectivity index (χ3v) is 3.25. The standard InChI is InChI=1S/C12H16N4S/c1-8(6-10-4-3-5-17-10)14-11-7-9(2)15-12(13)16-11/h3-5,7-8H,6H2,1-2H3,(H3,13,14,15,16). The Morgan fingerprint density at radius 3 is 2.94 bits per heavy atom. The van der Waals surface area contributed by atoms with E-state index in [-0.39, 0.29) is 0 Å². The van der Waals surface area contributed by atoms with E-state index < -0.39 is 0 Å². The molecule has 0 bridgehead atoms. The van der Waals surface area contributed by atoms with Crippen molar-refractivity contribution >= 4 is 23.1 Å². The first kappa shape index (κ1) is 11.9. The summed E-state index contributed by atoms with van der Waals surface area (Å²) in [5.74, 6) is 1.11. The molecule has 1 unspecified atom stereocenters. The first-order valence-electron chi connectivity index (χ1n) is 5.53. The van der Waals surface area contributed by atoms with Crippen LogP contribution < -0.4 is 11.1 Å². The number of anilines is 2. The predicted octanol–water partition coefficient (Wildman–Crippen LogP) is 2.47. The minimum atomic E-state index is 0.316. The number of aryl methyl sites for hydroxylation is 1. The summed E-state index contributed by atoms with van der Waals surface area (Å²) in [7, 11) is 0. The first-order chi connectivity index (χ1) is 8.13. The zero-order valence-corrected chi connectivity index (χ0v) is 10.8. The second-order valence-electron chi connectivity index (χ2n) is 4.08. The Bertz CT molecular complexity index is 461. The highest BCUT2D eigenvalue weighted by Gasteiger charge is 2.06. The molecule has 0 saturated heterocycles. The maximum Gasteiger partial charge on any atom is 0.222 e. The van der Waals surface area contributed by atoms with Crippen LogP contribution in [0.15, 0.2) is 23.6 Å². The normalized spacial score (nSPS) is 12.4. The van der Waals surface area contributed by atoms with E-state index in [2.05, 4.69) is 39.7 Å². The zero-order chi connectivity index (χ0) is 12.3. The summed E-state index contributed by atoms with van der Waals surface area (Å²) >= 11 is 1.77. The number of hydrogen-bond donors (Lipinski definition) is 2. The molecule has 90 valence electrons. The molecule has 0 radical (unpaired) electrons. The fourth-order valence-corrected chi connectivity index (χ4v) is 2.53. The lowest BCUT2D eigenvalue weighted by molar-refractivity contribution is 0.793. The molecule has 1 atom stereocenters. The van der Waals surface area contributed by atoms with Crippen molar-refractivity contribution in [3.8, 4) is 0 Å². The molecule has 0 aliphatic rings. The van der Waals surface area contributed by atoms with Gasteiger partial charge in [-0.25, -0.2) is 4.98 Å². The topological polar surface area (TPSA) is 63.8 Å². The van der Waals surface area contributed by atoms with Crippen molar-refractivity contribution in [1.82, 2.24) is 9.97 Å². The number of thiophene rings is 1. The summed E-state index contributed by atoms with van der Waals surface area (Å²) in [6.07, 6.45) is 0.987. The lowest BCUT2D eigenvalue weighted by Crippen LogP contribution is -2.19. The summed E-state index contributed by atoms with van der Waals surface area (Å²) in [4.78, 5) is 9.57. The van der Waals surface area contributed by atoms with Gasteiger partial charge in [0.1, 0.15) is 5.82 Å². The van der Waals surface area contributed by atoms with Gasteiger partial charge in [-0.3, -0.25) is 0 Å². The van der Waals surface area contributed by atoms with Crippen LogP contribution in [0.4, 0.5) is 11.8 Å². The van der Waals surface area contributed by atoms with Crippen LogP contribution in [-0.2, 0) is 6.42 Å². The molecule has 17 heavy (non-hydrogen) atoms. The summed E-state index contributed by atoms with van der Waals surface area (Å²) in [6, 6.07) is 6.44. The fourth-order valence-electron chi connectivity index (χ4n) is 1.70. The summed E-state index contributed by atoms with van der Waals surface area (Å²) < 4.78 is 0. The van der Waals surface area contributed by atoms with Crippen LogP contribution in [0.2, 0.25) is 0 Å². The van der Waals surface area contributed by atoms with Crippen LogP contribution in [-0.4, -0.2) is 16.0 Å². The molecule has 0 amide bonds. The highest BCUT2D eigenvalue weighted by Crippen LogP contribution is 2.14. The van der Waals surface area contributed by atoms with Gasteiger partial charge >= 0.3 is 0 Å². The van der Waals surface area contributed by atoms with E-state index in [1.54, 1.807) is 11.3 Å². The molecule has 5 heteroatoms. The van der Waals surface area contributed by atoms with Crippen LogP contribution in [0.5, 0.6) is 0 Å². The number of aromatic nitrogens is 2. The van der Waals surface area contributed by atoms with Crippen LogP contribution in [0.1, 0.15) is 17.5 Å². The number of nitrogens with two attached hydrogens (primary N) is 1. The number of nitrogens with zero attached hydrogens (tertiary/aromatic N) is 2. The van der Waals surface area contributed by atoms with E-state index >= 15 is 0 Å². The van der Waals surface area contributed by atoms with Gasteiger partial charge in [0.25, 0.3) is 0 Å². The van der Waals surface area contributed by atoms with Gasteiger partial charge in [0, 0.05) is 29.1 Å². The Morgan fingerprint density at radius 1 is 1.47 bits per heavy atom. The molecule has 0 aliphatic heterocycles. The van der Waals surface area contributed by atoms with Crippen molar-refractivity contribution in [1.29, 1.82) is 0 Å². The second kappa shape index (κ2) is 5.14. The summed E-state index contributed by atoms with van der Waals surface area (Å²) in [6.45, 7) is 4.04. The van der Waals surface area contributed by atoms with Crippen molar-refractivity contribution in [2.24, 2.45) is 0 Å². The monoisotopic (exact) mass is 248 g/mol. The minimum Gasteiger partial charge on any atom is -0.368 e. The predicted molar refractivity (Wildman–Crippen MR) is 72.3 cm³/mol. The largest absolute Gasteiger partial charge is 0.368 e. The number of hydrogen-bond acceptors (Lipinski definition) is 5. The van der Waals surface area contributed by atoms with E-state index in [0.29, 0.717) is 12.0 Å². The number of nitrogens with one attached hydrogen (secondary N) is 1. The Hall–Kier alpha value is -1.62. The van der Waals surface area contributed by atoms with Crippen molar-refractivity contribution < 1.29 is 0 Å². The Balaban J connectivity index is 2.00. The molecule has 2 heterocycles. The van der Waals surface area contributed by atoms with Gasteiger partial charge in [0.2, 0.25) is 5.95 Å². The molecule has 0 spiro atoms. The average Bonchev–Trinajstić information content (AvgIpc) is 2.67. The van der Waals surface area contributed by atoms with Crippen molar-refractivity contribution in [3.05, 3.63) is 34.2 Å². The molecule has 0 aromatic carbocycles. The fraction of sp³-hybridized carbons (Fsp3) is 0.333. The average molecular weight is 248 g/mol. The molecule has 0 aliphatic carbocycles. The van der Waals surface area contributed by atoms with E-state index in [1.165, 1.54) is 4.88 Å². The minimum absolute atomic E-state index is 0.316. The molecule has 0 fully saturated rings. The van der Waals surface area contributed by atoms with Crippen LogP contribution >= 0.6 is 11.3 Å². The molecule has 3 N–H and O–H groups in total. The third-order valence-electron chi connectivity index (χ3n) is 2.35. The molecule has 0 saturated carbocycles. The van der Waals surface area contributed by atoms with Gasteiger partial charge in [0.15, 0.2) is 0 Å². The van der Waals surface area contributed by atoms with E-state index in [0.717, 1.165) is 17.9 Å². The van der Waals surface area contributed by atoms with Crippen LogP contribution in [0, 0.1) is 6.92 Å². The number of nitrogen functional groups attached to an aromatic ring is 1. The van der Waals surface area contributed by atoms with Crippen molar-refractivity contribution in [3.63, 3.8) is 0 Å². The Kier molecular flexibility index (Phi) is 3.58. The summed E-state index contributed by atoms with van der Waals surface area (Å²) in [5.41, 5.74) is 6.49. The summed E-state index contributed by atoms with van der Waals surface area (Å²) in [5, 5.41) is 5.43. The van der Waals surface area contributed by atoms with Gasteiger partial charge in [-0.05, 0) is 25.3 Å².